The molecule has 0 atom stereocenters. The van der Waals surface area contributed by atoms with E-state index in [-0.39, 0.29) is 5.41 Å². The molecule has 4 heterocycles. The van der Waals surface area contributed by atoms with E-state index >= 15 is 0 Å². The van der Waals surface area contributed by atoms with Crippen LogP contribution in [-0.4, -0.2) is 68.9 Å². The summed E-state index contributed by atoms with van der Waals surface area (Å²) < 4.78 is 29.8. The summed E-state index contributed by atoms with van der Waals surface area (Å²) in [7, 11) is -0.149. The molecule has 2 aliphatic rings. The van der Waals surface area contributed by atoms with Crippen molar-refractivity contribution in [2.45, 2.75) is 38.6 Å². The minimum absolute atomic E-state index is 0.165. The van der Waals surface area contributed by atoms with Gasteiger partial charge in [-0.15, -0.1) is 10.2 Å². The number of hydrogen-bond donors (Lipinski definition) is 0. The van der Waals surface area contributed by atoms with Crippen LogP contribution in [0.2, 0.25) is 0 Å². The Morgan fingerprint density at radius 2 is 1.78 bits per heavy atom. The monoisotopic (exact) mass is 391 g/mol. The third kappa shape index (κ3) is 3.37. The standard InChI is InChI=1S/C17H25N7O2S/c1-22(2)27(25,26)23-10-5-17(6-11-23)4-3-15-20-21-16(24(15)12-7-17)14-13-18-8-9-19-14/h8-9,13H,3-7,10-12H2,1-2H3. The van der Waals surface area contributed by atoms with Crippen LogP contribution in [-0.2, 0) is 23.2 Å². The fourth-order valence-corrected chi connectivity index (χ4v) is 5.24. The fourth-order valence-electron chi connectivity index (χ4n) is 4.13. The molecule has 0 N–H and O–H groups in total. The Hall–Kier alpha value is -1.91. The maximum atomic E-state index is 12.4. The van der Waals surface area contributed by atoms with E-state index in [1.54, 1.807) is 37.0 Å². The summed E-state index contributed by atoms with van der Waals surface area (Å²) in [6.45, 7) is 1.99. The lowest BCUT2D eigenvalue weighted by Crippen LogP contribution is -2.47. The molecule has 2 aliphatic heterocycles. The van der Waals surface area contributed by atoms with Gasteiger partial charge in [-0.25, -0.2) is 4.98 Å². The van der Waals surface area contributed by atoms with Crippen LogP contribution < -0.4 is 0 Å². The normalized spacial score (nSPS) is 20.6. The molecule has 146 valence electrons. The van der Waals surface area contributed by atoms with Gasteiger partial charge in [0.25, 0.3) is 10.2 Å². The van der Waals surface area contributed by atoms with Gasteiger partial charge in [-0.3, -0.25) is 4.98 Å². The molecule has 2 aromatic rings. The zero-order chi connectivity index (χ0) is 19.1. The Labute approximate surface area is 159 Å². The van der Waals surface area contributed by atoms with Crippen molar-refractivity contribution in [1.82, 2.24) is 33.3 Å². The zero-order valence-electron chi connectivity index (χ0n) is 15.7. The van der Waals surface area contributed by atoms with Gasteiger partial charge in [-0.1, -0.05) is 0 Å². The molecule has 0 bridgehead atoms. The summed E-state index contributed by atoms with van der Waals surface area (Å²) in [6, 6.07) is 0. The highest BCUT2D eigenvalue weighted by Gasteiger charge is 2.40. The predicted octanol–water partition coefficient (Wildman–Crippen LogP) is 0.960. The van der Waals surface area contributed by atoms with Crippen LogP contribution in [0.15, 0.2) is 18.6 Å². The number of fused-ring (bicyclic) bond motifs is 1. The molecule has 0 amide bonds. The Balaban J connectivity index is 1.49. The summed E-state index contributed by atoms with van der Waals surface area (Å²) in [5.41, 5.74) is 0.901. The summed E-state index contributed by atoms with van der Waals surface area (Å²) in [5, 5.41) is 8.71. The van der Waals surface area contributed by atoms with Crippen molar-refractivity contribution in [2.75, 3.05) is 27.2 Å². The lowest BCUT2D eigenvalue weighted by atomic mass is 9.73. The lowest BCUT2D eigenvalue weighted by Gasteiger charge is -2.41. The Kier molecular flexibility index (Phi) is 4.73. The van der Waals surface area contributed by atoms with E-state index in [2.05, 4.69) is 24.7 Å². The highest BCUT2D eigenvalue weighted by molar-refractivity contribution is 7.86. The summed E-state index contributed by atoms with van der Waals surface area (Å²) in [5.74, 6) is 1.75. The van der Waals surface area contributed by atoms with Gasteiger partial charge >= 0.3 is 0 Å². The van der Waals surface area contributed by atoms with Crippen LogP contribution in [0, 0.1) is 5.41 Å². The van der Waals surface area contributed by atoms with Gasteiger partial charge in [-0.05, 0) is 31.1 Å². The minimum Gasteiger partial charge on any atom is -0.310 e. The van der Waals surface area contributed by atoms with Gasteiger partial charge in [0, 0.05) is 52.5 Å². The number of hydrogen-bond acceptors (Lipinski definition) is 6. The van der Waals surface area contributed by atoms with Gasteiger partial charge < -0.3 is 4.57 Å². The van der Waals surface area contributed by atoms with E-state index in [1.807, 2.05) is 0 Å². The Bertz CT molecular complexity index is 903. The van der Waals surface area contributed by atoms with E-state index in [0.29, 0.717) is 13.1 Å². The largest absolute Gasteiger partial charge is 0.310 e. The van der Waals surface area contributed by atoms with E-state index < -0.39 is 10.2 Å². The molecule has 2 aromatic heterocycles. The van der Waals surface area contributed by atoms with Gasteiger partial charge in [0.05, 0.1) is 6.20 Å². The molecular weight excluding hydrogens is 366 g/mol. The van der Waals surface area contributed by atoms with E-state index in [0.717, 1.165) is 56.0 Å². The van der Waals surface area contributed by atoms with Gasteiger partial charge in [0.2, 0.25) is 0 Å². The highest BCUT2D eigenvalue weighted by atomic mass is 32.2. The van der Waals surface area contributed by atoms with Gasteiger partial charge in [-0.2, -0.15) is 17.0 Å². The van der Waals surface area contributed by atoms with Crippen LogP contribution in [0.1, 0.15) is 31.5 Å². The zero-order valence-corrected chi connectivity index (χ0v) is 16.6. The highest BCUT2D eigenvalue weighted by Crippen LogP contribution is 2.42. The maximum absolute atomic E-state index is 12.4. The van der Waals surface area contributed by atoms with Crippen LogP contribution in [0.3, 0.4) is 0 Å². The third-order valence-electron chi connectivity index (χ3n) is 5.94. The lowest BCUT2D eigenvalue weighted by molar-refractivity contribution is 0.127. The summed E-state index contributed by atoms with van der Waals surface area (Å²) in [4.78, 5) is 8.49. The number of nitrogens with zero attached hydrogens (tertiary/aromatic N) is 7. The smallest absolute Gasteiger partial charge is 0.281 e. The van der Waals surface area contributed by atoms with Crippen molar-refractivity contribution < 1.29 is 8.42 Å². The van der Waals surface area contributed by atoms with Crippen molar-refractivity contribution in [1.29, 1.82) is 0 Å². The predicted molar refractivity (Wildman–Crippen MR) is 99.8 cm³/mol. The Morgan fingerprint density at radius 1 is 1.04 bits per heavy atom. The molecule has 4 rings (SSSR count). The summed E-state index contributed by atoms with van der Waals surface area (Å²) in [6.07, 6.45) is 9.67. The fraction of sp³-hybridized carbons (Fsp3) is 0.647. The molecule has 1 fully saturated rings. The van der Waals surface area contributed by atoms with Crippen LogP contribution >= 0.6 is 0 Å². The molecule has 1 saturated heterocycles. The number of rotatable bonds is 3. The first-order valence-electron chi connectivity index (χ1n) is 9.27. The molecule has 0 saturated carbocycles. The first-order valence-corrected chi connectivity index (χ1v) is 10.7. The molecule has 0 aromatic carbocycles. The molecule has 0 radical (unpaired) electrons. The van der Waals surface area contributed by atoms with Crippen molar-refractivity contribution in [3.05, 3.63) is 24.4 Å². The molecule has 0 unspecified atom stereocenters. The molecule has 9 nitrogen and oxygen atoms in total. The van der Waals surface area contributed by atoms with Crippen LogP contribution in [0.25, 0.3) is 11.5 Å². The second kappa shape index (κ2) is 6.92. The second-order valence-electron chi connectivity index (χ2n) is 7.62. The second-order valence-corrected chi connectivity index (χ2v) is 9.76. The number of aromatic nitrogens is 5. The number of piperidine rings is 1. The molecule has 27 heavy (non-hydrogen) atoms. The topological polar surface area (TPSA) is 97.1 Å². The quantitative estimate of drug-likeness (QED) is 0.773. The average Bonchev–Trinajstić information content (AvgIpc) is 3.01. The first kappa shape index (κ1) is 18.5. The number of aryl methyl sites for hydroxylation is 1. The molecule has 0 aliphatic carbocycles. The first-order chi connectivity index (χ1) is 12.9. The van der Waals surface area contributed by atoms with E-state index in [1.165, 1.54) is 4.31 Å². The Morgan fingerprint density at radius 3 is 2.44 bits per heavy atom. The van der Waals surface area contributed by atoms with Gasteiger partial charge in [0.15, 0.2) is 5.82 Å². The van der Waals surface area contributed by atoms with Crippen molar-refractivity contribution in [3.8, 4) is 11.5 Å². The van der Waals surface area contributed by atoms with E-state index in [4.69, 9.17) is 0 Å². The SMILES string of the molecule is CN(C)S(=O)(=O)N1CCC2(CCc3nnc(-c4cnccn4)n3CC2)CC1. The molecule has 10 heteroatoms. The minimum atomic E-state index is -3.33. The van der Waals surface area contributed by atoms with Crippen molar-refractivity contribution in [3.63, 3.8) is 0 Å². The van der Waals surface area contributed by atoms with Gasteiger partial charge in [0.1, 0.15) is 11.5 Å². The average molecular weight is 392 g/mol. The van der Waals surface area contributed by atoms with Crippen LogP contribution in [0.5, 0.6) is 0 Å². The van der Waals surface area contributed by atoms with Crippen molar-refractivity contribution in [2.24, 2.45) is 5.41 Å². The third-order valence-corrected chi connectivity index (χ3v) is 7.88. The molecule has 1 spiro atoms. The van der Waals surface area contributed by atoms with Crippen molar-refractivity contribution >= 4 is 10.2 Å². The molecular formula is C17H25N7O2S. The summed E-state index contributed by atoms with van der Waals surface area (Å²) >= 11 is 0. The van der Waals surface area contributed by atoms with Crippen LogP contribution in [0.4, 0.5) is 0 Å². The van der Waals surface area contributed by atoms with E-state index in [9.17, 15) is 8.42 Å². The maximum Gasteiger partial charge on any atom is 0.281 e.